The molecule has 10 heteroatoms. The zero-order chi connectivity index (χ0) is 18.4. The summed E-state index contributed by atoms with van der Waals surface area (Å²) in [4.78, 5) is 29.9. The molecule has 0 aliphatic heterocycles. The van der Waals surface area contributed by atoms with Crippen LogP contribution in [0.3, 0.4) is 0 Å². The number of alkyl halides is 3. The molecule has 1 N–H and O–H groups in total. The molecule has 1 aromatic carbocycles. The first-order valence-electron chi connectivity index (χ1n) is 6.83. The van der Waals surface area contributed by atoms with Crippen molar-refractivity contribution in [3.05, 3.63) is 61.4 Å². The van der Waals surface area contributed by atoms with Gasteiger partial charge in [0.1, 0.15) is 5.56 Å². The molecule has 3 aromatic rings. The summed E-state index contributed by atoms with van der Waals surface area (Å²) in [6.45, 7) is 1.79. The SMILES string of the molecule is Cc1cn2c(=O)c(C(=O)Nc3ccc(Br)c(C(F)(F)F)c3)cnc2s1. The quantitative estimate of drug-likeness (QED) is 0.664. The maximum atomic E-state index is 12.9. The second-order valence-corrected chi connectivity index (χ2v) is 7.19. The molecule has 0 saturated heterocycles. The zero-order valence-corrected chi connectivity index (χ0v) is 14.9. The van der Waals surface area contributed by atoms with Crippen molar-refractivity contribution in [2.24, 2.45) is 0 Å². The Balaban J connectivity index is 1.95. The number of halogens is 4. The minimum Gasteiger partial charge on any atom is -0.322 e. The molecule has 0 radical (unpaired) electrons. The van der Waals surface area contributed by atoms with Crippen LogP contribution in [-0.2, 0) is 6.18 Å². The topological polar surface area (TPSA) is 63.5 Å². The van der Waals surface area contributed by atoms with Gasteiger partial charge in [-0.25, -0.2) is 4.98 Å². The highest BCUT2D eigenvalue weighted by Crippen LogP contribution is 2.36. The molecule has 25 heavy (non-hydrogen) atoms. The molecule has 3 rings (SSSR count). The van der Waals surface area contributed by atoms with E-state index in [-0.39, 0.29) is 15.7 Å². The monoisotopic (exact) mass is 431 g/mol. The fourth-order valence-corrected chi connectivity index (χ4v) is 3.43. The number of thiazole rings is 1. The number of aromatic nitrogens is 2. The summed E-state index contributed by atoms with van der Waals surface area (Å²) in [6, 6.07) is 3.27. The highest BCUT2D eigenvalue weighted by atomic mass is 79.9. The van der Waals surface area contributed by atoms with Gasteiger partial charge in [-0.15, -0.1) is 11.3 Å². The molecule has 0 fully saturated rings. The van der Waals surface area contributed by atoms with E-state index in [0.717, 1.165) is 17.1 Å². The lowest BCUT2D eigenvalue weighted by Gasteiger charge is -2.11. The lowest BCUT2D eigenvalue weighted by molar-refractivity contribution is -0.138. The third-order valence-corrected chi connectivity index (χ3v) is 4.90. The van der Waals surface area contributed by atoms with Crippen LogP contribution in [0, 0.1) is 6.92 Å². The molecule has 1 amide bonds. The van der Waals surface area contributed by atoms with Crippen LogP contribution in [0.15, 0.2) is 39.9 Å². The fraction of sp³-hybridized carbons (Fsp3) is 0.133. The summed E-state index contributed by atoms with van der Waals surface area (Å²) in [6.07, 6.45) is -1.91. The number of aryl methyl sites for hydroxylation is 1. The Morgan fingerprint density at radius 1 is 1.36 bits per heavy atom. The smallest absolute Gasteiger partial charge is 0.322 e. The van der Waals surface area contributed by atoms with Crippen molar-refractivity contribution < 1.29 is 18.0 Å². The molecule has 0 bridgehead atoms. The Morgan fingerprint density at radius 2 is 2.08 bits per heavy atom. The fourth-order valence-electron chi connectivity index (χ4n) is 2.17. The number of hydrogen-bond acceptors (Lipinski definition) is 4. The van der Waals surface area contributed by atoms with E-state index in [1.165, 1.54) is 27.9 Å². The van der Waals surface area contributed by atoms with Crippen LogP contribution in [0.25, 0.3) is 4.96 Å². The Labute approximate surface area is 151 Å². The number of carbonyl (C=O) groups excluding carboxylic acids is 1. The van der Waals surface area contributed by atoms with Gasteiger partial charge in [-0.2, -0.15) is 13.2 Å². The normalized spacial score (nSPS) is 11.7. The maximum absolute atomic E-state index is 12.9. The van der Waals surface area contributed by atoms with Crippen molar-refractivity contribution in [2.45, 2.75) is 13.1 Å². The molecule has 0 unspecified atom stereocenters. The number of nitrogens with one attached hydrogen (secondary N) is 1. The number of nitrogens with zero attached hydrogens (tertiary/aromatic N) is 2. The minimum absolute atomic E-state index is 0.0773. The second-order valence-electron chi connectivity index (χ2n) is 5.12. The van der Waals surface area contributed by atoms with Crippen LogP contribution in [0.2, 0.25) is 0 Å². The van der Waals surface area contributed by atoms with Gasteiger partial charge in [0.15, 0.2) is 4.96 Å². The van der Waals surface area contributed by atoms with Crippen molar-refractivity contribution >= 4 is 43.8 Å². The van der Waals surface area contributed by atoms with Crippen molar-refractivity contribution in [2.75, 3.05) is 5.32 Å². The van der Waals surface area contributed by atoms with Gasteiger partial charge in [0.05, 0.1) is 5.56 Å². The number of benzene rings is 1. The van der Waals surface area contributed by atoms with Crippen molar-refractivity contribution in [3.8, 4) is 0 Å². The number of hydrogen-bond donors (Lipinski definition) is 1. The van der Waals surface area contributed by atoms with Gasteiger partial charge in [-0.05, 0) is 25.1 Å². The molecule has 2 heterocycles. The van der Waals surface area contributed by atoms with E-state index in [2.05, 4.69) is 26.2 Å². The predicted molar refractivity (Wildman–Crippen MR) is 91.2 cm³/mol. The van der Waals surface area contributed by atoms with Gasteiger partial charge in [-0.3, -0.25) is 14.0 Å². The van der Waals surface area contributed by atoms with Gasteiger partial charge >= 0.3 is 6.18 Å². The average molecular weight is 432 g/mol. The molecule has 5 nitrogen and oxygen atoms in total. The third-order valence-electron chi connectivity index (χ3n) is 3.30. The number of fused-ring (bicyclic) bond motifs is 1. The summed E-state index contributed by atoms with van der Waals surface area (Å²) >= 11 is 4.11. The standard InChI is InChI=1S/C15H9BrF3N3O2S/c1-7-6-22-13(24)9(5-20-14(22)25-7)12(23)21-8-2-3-11(16)10(4-8)15(17,18)19/h2-6H,1H3,(H,21,23). The van der Waals surface area contributed by atoms with Crippen molar-refractivity contribution in [3.63, 3.8) is 0 Å². The van der Waals surface area contributed by atoms with E-state index in [1.54, 1.807) is 13.1 Å². The summed E-state index contributed by atoms with van der Waals surface area (Å²) in [7, 11) is 0. The second kappa shape index (κ2) is 6.26. The van der Waals surface area contributed by atoms with E-state index in [9.17, 15) is 22.8 Å². The number of carbonyl (C=O) groups is 1. The van der Waals surface area contributed by atoms with E-state index >= 15 is 0 Å². The van der Waals surface area contributed by atoms with Crippen LogP contribution in [-0.4, -0.2) is 15.3 Å². The average Bonchev–Trinajstić information content (AvgIpc) is 2.90. The van der Waals surface area contributed by atoms with Crippen molar-refractivity contribution in [1.29, 1.82) is 0 Å². The Hall–Kier alpha value is -2.20. The van der Waals surface area contributed by atoms with Crippen LogP contribution in [0.4, 0.5) is 18.9 Å². The molecule has 2 aromatic heterocycles. The maximum Gasteiger partial charge on any atom is 0.417 e. The predicted octanol–water partition coefficient (Wildman–Crippen LogP) is 4.10. The number of amides is 1. The Morgan fingerprint density at radius 3 is 2.76 bits per heavy atom. The van der Waals surface area contributed by atoms with E-state index in [0.29, 0.717) is 4.96 Å². The summed E-state index contributed by atoms with van der Waals surface area (Å²) in [5, 5.41) is 2.30. The molecule has 0 aliphatic rings. The first kappa shape index (κ1) is 17.6. The molecule has 130 valence electrons. The lowest BCUT2D eigenvalue weighted by atomic mass is 10.2. The van der Waals surface area contributed by atoms with Gasteiger partial charge in [0.2, 0.25) is 0 Å². The highest BCUT2D eigenvalue weighted by molar-refractivity contribution is 9.10. The summed E-state index contributed by atoms with van der Waals surface area (Å²) in [5.41, 5.74) is -1.85. The molecular weight excluding hydrogens is 423 g/mol. The minimum atomic E-state index is -4.58. The third kappa shape index (κ3) is 3.45. The largest absolute Gasteiger partial charge is 0.417 e. The first-order valence-corrected chi connectivity index (χ1v) is 8.43. The van der Waals surface area contributed by atoms with E-state index < -0.39 is 23.2 Å². The Kier molecular flexibility index (Phi) is 4.41. The van der Waals surface area contributed by atoms with Crippen LogP contribution < -0.4 is 10.9 Å². The molecule has 0 aliphatic carbocycles. The summed E-state index contributed by atoms with van der Waals surface area (Å²) in [5.74, 6) is -0.828. The van der Waals surface area contributed by atoms with Gasteiger partial charge in [-0.1, -0.05) is 15.9 Å². The zero-order valence-electron chi connectivity index (χ0n) is 12.5. The van der Waals surface area contributed by atoms with Gasteiger partial charge in [0.25, 0.3) is 11.5 Å². The van der Waals surface area contributed by atoms with Crippen LogP contribution in [0.5, 0.6) is 0 Å². The molecule has 0 atom stereocenters. The van der Waals surface area contributed by atoms with Crippen LogP contribution >= 0.6 is 27.3 Å². The first-order chi connectivity index (χ1) is 11.7. The summed E-state index contributed by atoms with van der Waals surface area (Å²) < 4.78 is 39.9. The van der Waals surface area contributed by atoms with Gasteiger partial charge in [0, 0.05) is 27.4 Å². The Bertz CT molecular complexity index is 1040. The lowest BCUT2D eigenvalue weighted by Crippen LogP contribution is -2.26. The molecular formula is C15H9BrF3N3O2S. The number of anilines is 1. The molecule has 0 spiro atoms. The van der Waals surface area contributed by atoms with E-state index in [1.807, 2.05) is 0 Å². The molecule has 0 saturated carbocycles. The van der Waals surface area contributed by atoms with Gasteiger partial charge < -0.3 is 5.32 Å². The number of rotatable bonds is 2. The highest BCUT2D eigenvalue weighted by Gasteiger charge is 2.33. The van der Waals surface area contributed by atoms with Crippen LogP contribution in [0.1, 0.15) is 20.8 Å². The van der Waals surface area contributed by atoms with E-state index in [4.69, 9.17) is 0 Å². The van der Waals surface area contributed by atoms with Crippen molar-refractivity contribution in [1.82, 2.24) is 9.38 Å².